The Labute approximate surface area is 127 Å². The van der Waals surface area contributed by atoms with Crippen LogP contribution in [0.1, 0.15) is 41.0 Å². The van der Waals surface area contributed by atoms with Crippen molar-refractivity contribution in [3.8, 4) is 5.75 Å². The molecule has 1 aromatic heterocycles. The summed E-state index contributed by atoms with van der Waals surface area (Å²) in [6, 6.07) is 0. The van der Waals surface area contributed by atoms with Gasteiger partial charge in [-0.25, -0.2) is 9.97 Å². The van der Waals surface area contributed by atoms with E-state index >= 15 is 0 Å². The lowest BCUT2D eigenvalue weighted by atomic mass is 10.0. The number of hydrogen-bond acceptors (Lipinski definition) is 5. The number of aromatic nitrogens is 2. The molecule has 5 nitrogen and oxygen atoms in total. The molecule has 1 aliphatic rings. The summed E-state index contributed by atoms with van der Waals surface area (Å²) in [5, 5.41) is 6.71. The number of hydrogen-bond donors (Lipinski definition) is 2. The van der Waals surface area contributed by atoms with Gasteiger partial charge in [0.15, 0.2) is 11.6 Å². The summed E-state index contributed by atoms with van der Waals surface area (Å²) in [6.45, 7) is 13.2. The van der Waals surface area contributed by atoms with Gasteiger partial charge in [0.25, 0.3) is 0 Å². The van der Waals surface area contributed by atoms with E-state index in [-0.39, 0.29) is 0 Å². The van der Waals surface area contributed by atoms with Gasteiger partial charge in [0, 0.05) is 13.1 Å². The van der Waals surface area contributed by atoms with Crippen molar-refractivity contribution in [3.63, 3.8) is 0 Å². The highest BCUT2D eigenvalue weighted by molar-refractivity contribution is 5.63. The van der Waals surface area contributed by atoms with Crippen molar-refractivity contribution in [2.24, 2.45) is 16.7 Å². The van der Waals surface area contributed by atoms with Crippen molar-refractivity contribution < 1.29 is 4.74 Å². The largest absolute Gasteiger partial charge is 0.490 e. The lowest BCUT2D eigenvalue weighted by Crippen LogP contribution is -2.12. The molecule has 0 amide bonds. The maximum Gasteiger partial charge on any atom is 0.204 e. The average molecular weight is 292 g/mol. The zero-order valence-corrected chi connectivity index (χ0v) is 14.1. The summed E-state index contributed by atoms with van der Waals surface area (Å²) in [6.07, 6.45) is 2.62. The van der Waals surface area contributed by atoms with E-state index in [1.165, 1.54) is 0 Å². The predicted octanol–water partition coefficient (Wildman–Crippen LogP) is 3.40. The van der Waals surface area contributed by atoms with Crippen molar-refractivity contribution in [1.29, 1.82) is 0 Å². The lowest BCUT2D eigenvalue weighted by Gasteiger charge is -2.14. The number of nitrogens with one attached hydrogen (secondary N) is 2. The minimum atomic E-state index is 0.365. The van der Waals surface area contributed by atoms with E-state index < -0.39 is 0 Å². The van der Waals surface area contributed by atoms with Crippen LogP contribution >= 0.6 is 0 Å². The van der Waals surface area contributed by atoms with E-state index in [1.54, 1.807) is 13.4 Å². The molecule has 0 bridgehead atoms. The molecule has 0 aliphatic heterocycles. The quantitative estimate of drug-likeness (QED) is 0.806. The molecule has 118 valence electrons. The highest BCUT2D eigenvalue weighted by atomic mass is 16.5. The Bertz CT molecular complexity index is 485. The van der Waals surface area contributed by atoms with Gasteiger partial charge in [-0.15, -0.1) is 0 Å². The molecule has 1 fully saturated rings. The Balaban J connectivity index is 2.07. The number of rotatable bonds is 7. The van der Waals surface area contributed by atoms with Gasteiger partial charge in [-0.2, -0.15) is 0 Å². The third-order valence-corrected chi connectivity index (χ3v) is 5.34. The zero-order valence-electron chi connectivity index (χ0n) is 14.1. The first-order valence-corrected chi connectivity index (χ1v) is 7.73. The van der Waals surface area contributed by atoms with Crippen LogP contribution in [0.2, 0.25) is 0 Å². The second-order valence-corrected chi connectivity index (χ2v) is 6.91. The van der Waals surface area contributed by atoms with Gasteiger partial charge in [-0.1, -0.05) is 34.6 Å². The van der Waals surface area contributed by atoms with Gasteiger partial charge >= 0.3 is 0 Å². The van der Waals surface area contributed by atoms with Gasteiger partial charge in [0.2, 0.25) is 5.75 Å². The fourth-order valence-corrected chi connectivity index (χ4v) is 3.10. The number of nitrogens with zero attached hydrogens (tertiary/aromatic N) is 2. The smallest absolute Gasteiger partial charge is 0.204 e. The highest BCUT2D eigenvalue weighted by Gasteiger charge is 2.64. The van der Waals surface area contributed by atoms with Crippen LogP contribution in [0.15, 0.2) is 6.33 Å². The molecule has 5 heteroatoms. The van der Waals surface area contributed by atoms with E-state index in [2.05, 4.69) is 55.2 Å². The van der Waals surface area contributed by atoms with Crippen molar-refractivity contribution >= 4 is 11.6 Å². The Hall–Kier alpha value is -1.52. The van der Waals surface area contributed by atoms with E-state index in [0.717, 1.165) is 31.1 Å². The molecule has 0 radical (unpaired) electrons. The standard InChI is InChI=1S/C16H28N4O/c1-7-8-17-13-12(21-6)14(20-10-19-13)18-9-11-15(2,3)16(11,4)5/h10-11H,7-9H2,1-6H3,(H2,17,18,19,20). The third kappa shape index (κ3) is 2.78. The first-order chi connectivity index (χ1) is 9.86. The second-order valence-electron chi connectivity index (χ2n) is 6.91. The summed E-state index contributed by atoms with van der Waals surface area (Å²) in [7, 11) is 1.66. The molecule has 0 unspecified atom stereocenters. The maximum absolute atomic E-state index is 5.48. The second kappa shape index (κ2) is 5.70. The molecule has 2 N–H and O–H groups in total. The lowest BCUT2D eigenvalue weighted by molar-refractivity contribution is 0.414. The fraction of sp³-hybridized carbons (Fsp3) is 0.750. The number of methoxy groups -OCH3 is 1. The van der Waals surface area contributed by atoms with E-state index in [1.807, 2.05) is 0 Å². The Morgan fingerprint density at radius 3 is 2.14 bits per heavy atom. The maximum atomic E-state index is 5.48. The first kappa shape index (κ1) is 15.9. The van der Waals surface area contributed by atoms with Crippen molar-refractivity contribution in [2.75, 3.05) is 30.8 Å². The molecule has 0 atom stereocenters. The topological polar surface area (TPSA) is 59.1 Å². The normalized spacial score (nSPS) is 19.1. The summed E-state index contributed by atoms with van der Waals surface area (Å²) in [4.78, 5) is 8.59. The van der Waals surface area contributed by atoms with Crippen LogP contribution in [-0.4, -0.2) is 30.2 Å². The number of anilines is 2. The van der Waals surface area contributed by atoms with Crippen LogP contribution in [0.25, 0.3) is 0 Å². The SMILES string of the molecule is CCCNc1ncnc(NCC2C(C)(C)C2(C)C)c1OC. The fourth-order valence-electron chi connectivity index (χ4n) is 3.10. The summed E-state index contributed by atoms with van der Waals surface area (Å²) in [5.41, 5.74) is 0.729. The van der Waals surface area contributed by atoms with Crippen LogP contribution in [-0.2, 0) is 0 Å². The van der Waals surface area contributed by atoms with Gasteiger partial charge < -0.3 is 15.4 Å². The third-order valence-electron chi connectivity index (χ3n) is 5.34. The molecule has 1 saturated carbocycles. The number of ether oxygens (including phenoxy) is 1. The summed E-state index contributed by atoms with van der Waals surface area (Å²) in [5.74, 6) is 2.86. The van der Waals surface area contributed by atoms with Gasteiger partial charge in [0.05, 0.1) is 7.11 Å². The van der Waals surface area contributed by atoms with Crippen molar-refractivity contribution in [2.45, 2.75) is 41.0 Å². The van der Waals surface area contributed by atoms with Crippen LogP contribution in [0, 0.1) is 16.7 Å². The molecule has 0 spiro atoms. The van der Waals surface area contributed by atoms with Crippen molar-refractivity contribution in [3.05, 3.63) is 6.33 Å². The van der Waals surface area contributed by atoms with Gasteiger partial charge in [0.1, 0.15) is 6.33 Å². The molecular weight excluding hydrogens is 264 g/mol. The summed E-state index contributed by atoms with van der Waals surface area (Å²) >= 11 is 0. The van der Waals surface area contributed by atoms with Crippen LogP contribution in [0.5, 0.6) is 5.75 Å². The minimum Gasteiger partial charge on any atom is -0.490 e. The van der Waals surface area contributed by atoms with E-state index in [9.17, 15) is 0 Å². The molecular formula is C16H28N4O. The monoisotopic (exact) mass is 292 g/mol. The van der Waals surface area contributed by atoms with Crippen LogP contribution < -0.4 is 15.4 Å². The molecule has 21 heavy (non-hydrogen) atoms. The Morgan fingerprint density at radius 2 is 1.67 bits per heavy atom. The van der Waals surface area contributed by atoms with Gasteiger partial charge in [-0.3, -0.25) is 0 Å². The summed E-state index contributed by atoms with van der Waals surface area (Å²) < 4.78 is 5.48. The molecule has 1 heterocycles. The predicted molar refractivity (Wildman–Crippen MR) is 86.9 cm³/mol. The van der Waals surface area contributed by atoms with E-state index in [0.29, 0.717) is 22.5 Å². The van der Waals surface area contributed by atoms with Crippen molar-refractivity contribution in [1.82, 2.24) is 9.97 Å². The molecule has 1 aromatic rings. The Morgan fingerprint density at radius 1 is 1.10 bits per heavy atom. The minimum absolute atomic E-state index is 0.365. The molecule has 0 saturated heterocycles. The van der Waals surface area contributed by atoms with Crippen LogP contribution in [0.4, 0.5) is 11.6 Å². The average Bonchev–Trinajstić information content (AvgIpc) is 2.83. The van der Waals surface area contributed by atoms with Gasteiger partial charge in [-0.05, 0) is 23.2 Å². The highest BCUT2D eigenvalue weighted by Crippen LogP contribution is 2.68. The van der Waals surface area contributed by atoms with E-state index in [4.69, 9.17) is 4.74 Å². The first-order valence-electron chi connectivity index (χ1n) is 7.73. The zero-order chi connectivity index (χ0) is 15.7. The van der Waals surface area contributed by atoms with Crippen LogP contribution in [0.3, 0.4) is 0 Å². The Kier molecular flexibility index (Phi) is 4.30. The molecule has 2 rings (SSSR count). The molecule has 0 aromatic carbocycles. The molecule has 1 aliphatic carbocycles.